The molecule has 2 unspecified atom stereocenters. The minimum absolute atomic E-state index is 0.168. The minimum Gasteiger partial charge on any atom is -0.370 e. The first-order valence-electron chi connectivity index (χ1n) is 8.86. The third kappa shape index (κ3) is 3.12. The molecule has 2 atom stereocenters. The van der Waals surface area contributed by atoms with Crippen molar-refractivity contribution < 1.29 is 13.2 Å². The van der Waals surface area contributed by atoms with E-state index in [1.54, 1.807) is 10.4 Å². The van der Waals surface area contributed by atoms with Crippen molar-refractivity contribution in [3.05, 3.63) is 65.2 Å². The van der Waals surface area contributed by atoms with Crippen molar-refractivity contribution in [1.82, 2.24) is 4.31 Å². The molecule has 4 nitrogen and oxygen atoms in total. The largest absolute Gasteiger partial charge is 0.370 e. The predicted octanol–water partition coefficient (Wildman–Crippen LogP) is 3.33. The van der Waals surface area contributed by atoms with E-state index in [0.29, 0.717) is 18.0 Å². The standard InChI is InChI=1S/C20H23NO3S/c1-15-14-24-20(17-6-3-2-4-7-17)13-21(15)25(22,23)19-11-10-16-8-5-9-18(16)12-19/h2-4,6-7,10-12,15,20H,5,8-9,13-14H2,1H3. The van der Waals surface area contributed by atoms with Gasteiger partial charge in [-0.05, 0) is 55.0 Å². The van der Waals surface area contributed by atoms with Crippen LogP contribution in [0.2, 0.25) is 0 Å². The normalized spacial score (nSPS) is 24.2. The maximum Gasteiger partial charge on any atom is 0.243 e. The zero-order valence-electron chi connectivity index (χ0n) is 14.4. The Hall–Kier alpha value is -1.69. The van der Waals surface area contributed by atoms with Gasteiger partial charge in [0, 0.05) is 12.6 Å². The second-order valence-corrected chi connectivity index (χ2v) is 8.83. The SMILES string of the molecule is CC1COC(c2ccccc2)CN1S(=O)(=O)c1ccc2c(c1)CCC2. The molecule has 0 aromatic heterocycles. The van der Waals surface area contributed by atoms with Gasteiger partial charge < -0.3 is 4.74 Å². The Morgan fingerprint density at radius 2 is 1.80 bits per heavy atom. The number of hydrogen-bond donors (Lipinski definition) is 0. The molecule has 2 aromatic rings. The molecule has 0 bridgehead atoms. The highest BCUT2D eigenvalue weighted by molar-refractivity contribution is 7.89. The number of nitrogens with zero attached hydrogens (tertiary/aromatic N) is 1. The number of aryl methyl sites for hydroxylation is 2. The molecule has 2 aromatic carbocycles. The van der Waals surface area contributed by atoms with Crippen LogP contribution in [-0.4, -0.2) is 31.9 Å². The van der Waals surface area contributed by atoms with Crippen LogP contribution in [0, 0.1) is 0 Å². The van der Waals surface area contributed by atoms with Crippen LogP contribution in [0.25, 0.3) is 0 Å². The zero-order chi connectivity index (χ0) is 17.4. The second kappa shape index (κ2) is 6.56. The van der Waals surface area contributed by atoms with Gasteiger partial charge in [-0.25, -0.2) is 8.42 Å². The van der Waals surface area contributed by atoms with E-state index in [0.717, 1.165) is 24.8 Å². The molecule has 1 aliphatic carbocycles. The zero-order valence-corrected chi connectivity index (χ0v) is 15.2. The highest BCUT2D eigenvalue weighted by atomic mass is 32.2. The van der Waals surface area contributed by atoms with E-state index in [1.165, 1.54) is 11.1 Å². The summed E-state index contributed by atoms with van der Waals surface area (Å²) >= 11 is 0. The average Bonchev–Trinajstić information content (AvgIpc) is 3.10. The van der Waals surface area contributed by atoms with Gasteiger partial charge in [0.25, 0.3) is 0 Å². The summed E-state index contributed by atoms with van der Waals surface area (Å²) in [5.41, 5.74) is 3.49. The Kier molecular flexibility index (Phi) is 4.40. The molecule has 2 aliphatic rings. The molecule has 0 amide bonds. The lowest BCUT2D eigenvalue weighted by atomic mass is 10.1. The van der Waals surface area contributed by atoms with Gasteiger partial charge in [0.2, 0.25) is 10.0 Å². The summed E-state index contributed by atoms with van der Waals surface area (Å²) in [6.45, 7) is 2.67. The van der Waals surface area contributed by atoms with E-state index >= 15 is 0 Å². The second-order valence-electron chi connectivity index (χ2n) is 6.94. The molecule has 1 heterocycles. The van der Waals surface area contributed by atoms with Crippen LogP contribution in [0.1, 0.15) is 36.1 Å². The lowest BCUT2D eigenvalue weighted by molar-refractivity contribution is -0.0288. The van der Waals surface area contributed by atoms with E-state index in [-0.39, 0.29) is 12.1 Å². The van der Waals surface area contributed by atoms with Crippen LogP contribution >= 0.6 is 0 Å². The van der Waals surface area contributed by atoms with Crippen molar-refractivity contribution in [2.45, 2.75) is 43.2 Å². The van der Waals surface area contributed by atoms with Gasteiger partial charge in [-0.1, -0.05) is 36.4 Å². The molecule has 0 radical (unpaired) electrons. The molecule has 1 fully saturated rings. The first-order valence-corrected chi connectivity index (χ1v) is 10.3. The number of rotatable bonds is 3. The Balaban J connectivity index is 1.64. The van der Waals surface area contributed by atoms with E-state index in [2.05, 4.69) is 0 Å². The molecular formula is C20H23NO3S. The van der Waals surface area contributed by atoms with Crippen molar-refractivity contribution in [2.75, 3.05) is 13.2 Å². The lowest BCUT2D eigenvalue weighted by Gasteiger charge is -2.37. The van der Waals surface area contributed by atoms with Gasteiger partial charge in [0.15, 0.2) is 0 Å². The Bertz CT molecular complexity index is 864. The van der Waals surface area contributed by atoms with Crippen LogP contribution in [-0.2, 0) is 27.6 Å². The highest BCUT2D eigenvalue weighted by Crippen LogP contribution is 2.31. The van der Waals surface area contributed by atoms with Gasteiger partial charge in [-0.15, -0.1) is 0 Å². The first kappa shape index (κ1) is 16.8. The fraction of sp³-hybridized carbons (Fsp3) is 0.400. The monoisotopic (exact) mass is 357 g/mol. The van der Waals surface area contributed by atoms with E-state index in [4.69, 9.17) is 4.74 Å². The topological polar surface area (TPSA) is 46.6 Å². The summed E-state index contributed by atoms with van der Waals surface area (Å²) in [6.07, 6.45) is 2.92. The molecule has 1 saturated heterocycles. The lowest BCUT2D eigenvalue weighted by Crippen LogP contribution is -2.48. The number of ether oxygens (including phenoxy) is 1. The van der Waals surface area contributed by atoms with E-state index < -0.39 is 10.0 Å². The smallest absolute Gasteiger partial charge is 0.243 e. The summed E-state index contributed by atoms with van der Waals surface area (Å²) < 4.78 is 34.0. The molecule has 4 rings (SSSR count). The summed E-state index contributed by atoms with van der Waals surface area (Å²) in [7, 11) is -3.52. The number of fused-ring (bicyclic) bond motifs is 1. The molecule has 25 heavy (non-hydrogen) atoms. The van der Waals surface area contributed by atoms with E-state index in [1.807, 2.05) is 49.4 Å². The van der Waals surface area contributed by atoms with Gasteiger partial charge in [-0.3, -0.25) is 0 Å². The van der Waals surface area contributed by atoms with Crippen LogP contribution in [0.4, 0.5) is 0 Å². The van der Waals surface area contributed by atoms with Gasteiger partial charge >= 0.3 is 0 Å². The van der Waals surface area contributed by atoms with Crippen molar-refractivity contribution >= 4 is 10.0 Å². The summed E-state index contributed by atoms with van der Waals surface area (Å²) in [5, 5.41) is 0. The number of hydrogen-bond acceptors (Lipinski definition) is 3. The summed E-state index contributed by atoms with van der Waals surface area (Å²) in [4.78, 5) is 0.411. The molecule has 0 saturated carbocycles. The van der Waals surface area contributed by atoms with Gasteiger partial charge in [0.05, 0.1) is 17.6 Å². The molecule has 0 N–H and O–H groups in total. The van der Waals surface area contributed by atoms with Gasteiger partial charge in [0.1, 0.15) is 0 Å². The van der Waals surface area contributed by atoms with Crippen LogP contribution in [0.3, 0.4) is 0 Å². The molecule has 132 valence electrons. The highest BCUT2D eigenvalue weighted by Gasteiger charge is 2.36. The minimum atomic E-state index is -3.52. The fourth-order valence-corrected chi connectivity index (χ4v) is 5.45. The predicted molar refractivity (Wildman–Crippen MR) is 97.0 cm³/mol. The average molecular weight is 357 g/mol. The van der Waals surface area contributed by atoms with Crippen LogP contribution < -0.4 is 0 Å². The van der Waals surface area contributed by atoms with Crippen molar-refractivity contribution in [2.24, 2.45) is 0 Å². The molecule has 1 aliphatic heterocycles. The van der Waals surface area contributed by atoms with Crippen molar-refractivity contribution in [3.63, 3.8) is 0 Å². The van der Waals surface area contributed by atoms with Crippen molar-refractivity contribution in [1.29, 1.82) is 0 Å². The summed E-state index contributed by atoms with van der Waals surface area (Å²) in [6, 6.07) is 15.3. The third-order valence-electron chi connectivity index (χ3n) is 5.22. The Morgan fingerprint density at radius 3 is 2.60 bits per heavy atom. The number of morpholine rings is 1. The van der Waals surface area contributed by atoms with Crippen molar-refractivity contribution in [3.8, 4) is 0 Å². The Labute approximate surface area is 149 Å². The molecule has 5 heteroatoms. The quantitative estimate of drug-likeness (QED) is 0.846. The maximum atomic E-state index is 13.2. The third-order valence-corrected chi connectivity index (χ3v) is 7.20. The number of sulfonamides is 1. The van der Waals surface area contributed by atoms with Crippen LogP contribution in [0.15, 0.2) is 53.4 Å². The maximum absolute atomic E-state index is 13.2. The Morgan fingerprint density at radius 1 is 1.04 bits per heavy atom. The van der Waals surface area contributed by atoms with Gasteiger partial charge in [-0.2, -0.15) is 4.31 Å². The number of benzene rings is 2. The molecular weight excluding hydrogens is 334 g/mol. The van der Waals surface area contributed by atoms with E-state index in [9.17, 15) is 8.42 Å². The molecule has 0 spiro atoms. The fourth-order valence-electron chi connectivity index (χ4n) is 3.78. The first-order chi connectivity index (χ1) is 12.1. The van der Waals surface area contributed by atoms with Crippen LogP contribution in [0.5, 0.6) is 0 Å². The summed E-state index contributed by atoms with van der Waals surface area (Å²) in [5.74, 6) is 0.